The number of nitrogens with one attached hydrogen (secondary N) is 1. The fourth-order valence-corrected chi connectivity index (χ4v) is 3.22. The Kier molecular flexibility index (Phi) is 3.59. The number of benzene rings is 1. The number of amides is 2. The Morgan fingerprint density at radius 3 is 2.91 bits per heavy atom. The number of carbonyl (C=O) groups excluding carboxylic acids is 2. The van der Waals surface area contributed by atoms with E-state index in [0.29, 0.717) is 25.6 Å². The zero-order chi connectivity index (χ0) is 15.8. The van der Waals surface area contributed by atoms with Crippen LogP contribution in [0.3, 0.4) is 0 Å². The zero-order valence-electron chi connectivity index (χ0n) is 12.9. The van der Waals surface area contributed by atoms with Gasteiger partial charge in [0.15, 0.2) is 11.5 Å². The highest BCUT2D eigenvalue weighted by Crippen LogP contribution is 2.33. The molecule has 2 amide bonds. The second-order valence-electron chi connectivity index (χ2n) is 6.41. The lowest BCUT2D eigenvalue weighted by Gasteiger charge is -2.15. The highest BCUT2D eigenvalue weighted by Gasteiger charge is 2.41. The average Bonchev–Trinajstić information content (AvgIpc) is 3.14. The molecule has 4 rings (SSSR count). The van der Waals surface area contributed by atoms with Crippen LogP contribution in [0.5, 0.6) is 11.5 Å². The topological polar surface area (TPSA) is 67.9 Å². The van der Waals surface area contributed by atoms with Crippen molar-refractivity contribution in [3.05, 3.63) is 23.8 Å². The molecule has 23 heavy (non-hydrogen) atoms. The lowest BCUT2D eigenvalue weighted by Crippen LogP contribution is -2.34. The lowest BCUT2D eigenvalue weighted by atomic mass is 10.1. The quantitative estimate of drug-likeness (QED) is 0.883. The second kappa shape index (κ2) is 5.76. The minimum absolute atomic E-state index is 0.0118. The molecule has 6 nitrogen and oxygen atoms in total. The van der Waals surface area contributed by atoms with Gasteiger partial charge in [-0.3, -0.25) is 9.59 Å². The Balaban J connectivity index is 1.26. The molecule has 2 heterocycles. The summed E-state index contributed by atoms with van der Waals surface area (Å²) in [5.41, 5.74) is 1.09. The van der Waals surface area contributed by atoms with Crippen LogP contribution < -0.4 is 14.8 Å². The van der Waals surface area contributed by atoms with Gasteiger partial charge in [0.05, 0.1) is 5.92 Å². The van der Waals surface area contributed by atoms with Gasteiger partial charge in [-0.2, -0.15) is 0 Å². The third kappa shape index (κ3) is 2.98. The standard InChI is InChI=1S/C17H20N2O4/c20-16-8-12(9-19(16)13-2-3-13)17(21)18-6-5-11-1-4-14-15(7-11)23-10-22-14/h1,4,7,12-13H,2-3,5-6,8-10H2,(H,18,21). The lowest BCUT2D eigenvalue weighted by molar-refractivity contribution is -0.129. The van der Waals surface area contributed by atoms with E-state index >= 15 is 0 Å². The van der Waals surface area contributed by atoms with E-state index < -0.39 is 0 Å². The summed E-state index contributed by atoms with van der Waals surface area (Å²) in [6.45, 7) is 1.41. The van der Waals surface area contributed by atoms with E-state index in [0.717, 1.165) is 36.3 Å². The minimum Gasteiger partial charge on any atom is -0.454 e. The smallest absolute Gasteiger partial charge is 0.231 e. The van der Waals surface area contributed by atoms with Crippen LogP contribution in [0.4, 0.5) is 0 Å². The number of fused-ring (bicyclic) bond motifs is 1. The van der Waals surface area contributed by atoms with Crippen molar-refractivity contribution in [1.29, 1.82) is 0 Å². The van der Waals surface area contributed by atoms with Crippen LogP contribution in [0.15, 0.2) is 18.2 Å². The first-order valence-electron chi connectivity index (χ1n) is 8.16. The van der Waals surface area contributed by atoms with Gasteiger partial charge >= 0.3 is 0 Å². The zero-order valence-corrected chi connectivity index (χ0v) is 12.9. The van der Waals surface area contributed by atoms with Crippen LogP contribution in [0.2, 0.25) is 0 Å². The maximum absolute atomic E-state index is 12.2. The molecule has 2 aliphatic heterocycles. The van der Waals surface area contributed by atoms with Gasteiger partial charge < -0.3 is 19.7 Å². The third-order valence-corrected chi connectivity index (χ3v) is 4.67. The molecule has 0 aromatic heterocycles. The van der Waals surface area contributed by atoms with Crippen LogP contribution in [0, 0.1) is 5.92 Å². The molecule has 3 aliphatic rings. The molecule has 1 aromatic rings. The number of hydrogen-bond acceptors (Lipinski definition) is 4. The van der Waals surface area contributed by atoms with Crippen molar-refractivity contribution in [2.24, 2.45) is 5.92 Å². The second-order valence-corrected chi connectivity index (χ2v) is 6.41. The Labute approximate surface area is 134 Å². The molecule has 1 aromatic carbocycles. The first-order valence-corrected chi connectivity index (χ1v) is 8.16. The molecule has 6 heteroatoms. The molecule has 0 bridgehead atoms. The average molecular weight is 316 g/mol. The SMILES string of the molecule is O=C(NCCc1ccc2c(c1)OCO2)C1CC(=O)N(C2CC2)C1. The van der Waals surface area contributed by atoms with E-state index in [2.05, 4.69) is 5.32 Å². The van der Waals surface area contributed by atoms with Crippen LogP contribution in [-0.4, -0.2) is 42.6 Å². The predicted molar refractivity (Wildman–Crippen MR) is 82.1 cm³/mol. The fraction of sp³-hybridized carbons (Fsp3) is 0.529. The molecule has 1 saturated carbocycles. The summed E-state index contributed by atoms with van der Waals surface area (Å²) in [4.78, 5) is 26.0. The van der Waals surface area contributed by atoms with Crippen LogP contribution in [0.1, 0.15) is 24.8 Å². The highest BCUT2D eigenvalue weighted by molar-refractivity contribution is 5.89. The van der Waals surface area contributed by atoms with E-state index in [1.807, 2.05) is 23.1 Å². The summed E-state index contributed by atoms with van der Waals surface area (Å²) in [5, 5.41) is 2.95. The molecule has 0 spiro atoms. The number of nitrogens with zero attached hydrogens (tertiary/aromatic N) is 1. The normalized spacial score (nSPS) is 22.5. The van der Waals surface area contributed by atoms with Crippen molar-refractivity contribution in [2.75, 3.05) is 19.9 Å². The van der Waals surface area contributed by atoms with Crippen molar-refractivity contribution >= 4 is 11.8 Å². The Hall–Kier alpha value is -2.24. The molecule has 2 fully saturated rings. The molecular formula is C17H20N2O4. The summed E-state index contributed by atoms with van der Waals surface area (Å²) < 4.78 is 10.6. The molecule has 122 valence electrons. The molecule has 0 radical (unpaired) electrons. The van der Waals surface area contributed by atoms with Crippen LogP contribution in [0.25, 0.3) is 0 Å². The van der Waals surface area contributed by atoms with Gasteiger partial charge in [0.25, 0.3) is 0 Å². The number of ether oxygens (including phenoxy) is 2. The van der Waals surface area contributed by atoms with E-state index in [9.17, 15) is 9.59 Å². The molecule has 1 atom stereocenters. The van der Waals surface area contributed by atoms with Gasteiger partial charge in [-0.15, -0.1) is 0 Å². The Bertz CT molecular complexity index is 641. The van der Waals surface area contributed by atoms with Gasteiger partial charge in [-0.05, 0) is 37.0 Å². The van der Waals surface area contributed by atoms with Gasteiger partial charge in [0, 0.05) is 25.6 Å². The number of carbonyl (C=O) groups is 2. The summed E-state index contributed by atoms with van der Waals surface area (Å²) in [5.74, 6) is 1.45. The summed E-state index contributed by atoms with van der Waals surface area (Å²) >= 11 is 0. The maximum atomic E-state index is 12.2. The highest BCUT2D eigenvalue weighted by atomic mass is 16.7. The van der Waals surface area contributed by atoms with Gasteiger partial charge in [0.2, 0.25) is 18.6 Å². The first-order chi connectivity index (χ1) is 11.2. The Morgan fingerprint density at radius 1 is 1.26 bits per heavy atom. The van der Waals surface area contributed by atoms with Gasteiger partial charge in [0.1, 0.15) is 0 Å². The Morgan fingerprint density at radius 2 is 2.09 bits per heavy atom. The van der Waals surface area contributed by atoms with E-state index in [-0.39, 0.29) is 24.5 Å². The fourth-order valence-electron chi connectivity index (χ4n) is 3.22. The first kappa shape index (κ1) is 14.4. The maximum Gasteiger partial charge on any atom is 0.231 e. The third-order valence-electron chi connectivity index (χ3n) is 4.67. The summed E-state index contributed by atoms with van der Waals surface area (Å²) in [6, 6.07) is 6.22. The van der Waals surface area contributed by atoms with Crippen molar-refractivity contribution in [1.82, 2.24) is 10.2 Å². The van der Waals surface area contributed by atoms with Crippen molar-refractivity contribution in [3.63, 3.8) is 0 Å². The molecular weight excluding hydrogens is 296 g/mol. The number of rotatable bonds is 5. The molecule has 1 N–H and O–H groups in total. The summed E-state index contributed by atoms with van der Waals surface area (Å²) in [6.07, 6.45) is 3.26. The molecule has 1 saturated heterocycles. The van der Waals surface area contributed by atoms with Crippen molar-refractivity contribution in [2.45, 2.75) is 31.7 Å². The van der Waals surface area contributed by atoms with E-state index in [1.165, 1.54) is 0 Å². The van der Waals surface area contributed by atoms with E-state index in [4.69, 9.17) is 9.47 Å². The van der Waals surface area contributed by atoms with Crippen molar-refractivity contribution in [3.8, 4) is 11.5 Å². The van der Waals surface area contributed by atoms with Gasteiger partial charge in [-0.25, -0.2) is 0 Å². The monoisotopic (exact) mass is 316 g/mol. The molecule has 1 aliphatic carbocycles. The largest absolute Gasteiger partial charge is 0.454 e. The van der Waals surface area contributed by atoms with Crippen molar-refractivity contribution < 1.29 is 19.1 Å². The number of hydrogen-bond donors (Lipinski definition) is 1. The predicted octanol–water partition coefficient (Wildman–Crippen LogP) is 1.08. The van der Waals surface area contributed by atoms with Crippen LogP contribution >= 0.6 is 0 Å². The number of likely N-dealkylation sites (tertiary alicyclic amines) is 1. The minimum atomic E-state index is -0.195. The summed E-state index contributed by atoms with van der Waals surface area (Å²) in [7, 11) is 0. The van der Waals surface area contributed by atoms with Gasteiger partial charge in [-0.1, -0.05) is 6.07 Å². The van der Waals surface area contributed by atoms with Crippen LogP contribution in [-0.2, 0) is 16.0 Å². The van der Waals surface area contributed by atoms with E-state index in [1.54, 1.807) is 0 Å². The molecule has 1 unspecified atom stereocenters.